The van der Waals surface area contributed by atoms with E-state index in [9.17, 15) is 0 Å². The molecule has 1 aliphatic carbocycles. The van der Waals surface area contributed by atoms with Crippen LogP contribution in [0.15, 0.2) is 188 Å². The molecule has 8 aromatic rings. The summed E-state index contributed by atoms with van der Waals surface area (Å²) >= 11 is 0. The maximum Gasteiger partial charge on any atom is 0.0540 e. The van der Waals surface area contributed by atoms with E-state index in [1.54, 1.807) is 0 Å². The summed E-state index contributed by atoms with van der Waals surface area (Å²) in [6, 6.07) is 68.5. The van der Waals surface area contributed by atoms with E-state index in [1.807, 2.05) is 0 Å². The topological polar surface area (TPSA) is 3.24 Å². The molecule has 0 unspecified atom stereocenters. The molecule has 0 aliphatic heterocycles. The summed E-state index contributed by atoms with van der Waals surface area (Å²) in [6.07, 6.45) is 0. The Morgan fingerprint density at radius 1 is 0.380 bits per heavy atom. The summed E-state index contributed by atoms with van der Waals surface area (Å²) < 4.78 is 0. The molecule has 0 heterocycles. The van der Waals surface area contributed by atoms with Gasteiger partial charge in [-0.05, 0) is 91.2 Å². The van der Waals surface area contributed by atoms with Gasteiger partial charge in [-0.3, -0.25) is 0 Å². The van der Waals surface area contributed by atoms with Gasteiger partial charge in [-0.2, -0.15) is 0 Å². The van der Waals surface area contributed by atoms with Gasteiger partial charge < -0.3 is 4.90 Å². The van der Waals surface area contributed by atoms with Crippen LogP contribution in [-0.2, 0) is 5.41 Å². The molecule has 0 spiro atoms. The zero-order valence-corrected chi connectivity index (χ0v) is 28.3. The number of nitrogens with zero attached hydrogens (tertiary/aromatic N) is 1. The molecular weight excluding hydrogens is 603 g/mol. The van der Waals surface area contributed by atoms with Crippen LogP contribution in [0, 0.1) is 0 Å². The highest BCUT2D eigenvalue weighted by atomic mass is 15.1. The predicted octanol–water partition coefficient (Wildman–Crippen LogP) is 13.6. The van der Waals surface area contributed by atoms with E-state index in [2.05, 4.69) is 207 Å². The molecule has 9 rings (SSSR count). The van der Waals surface area contributed by atoms with Crippen molar-refractivity contribution in [2.24, 2.45) is 0 Å². The first kappa shape index (κ1) is 29.9. The van der Waals surface area contributed by atoms with Crippen LogP contribution >= 0.6 is 0 Å². The van der Waals surface area contributed by atoms with Crippen LogP contribution in [0.2, 0.25) is 0 Å². The van der Waals surface area contributed by atoms with Gasteiger partial charge in [0.1, 0.15) is 0 Å². The first-order valence-electron chi connectivity index (χ1n) is 17.4. The first-order valence-corrected chi connectivity index (χ1v) is 17.4. The standard InChI is InChI=1S/C49H37N/c1-49(2)46-27-10-8-23-44(46)45-26-14-25-43(48(45)49)36-29-31-38(32-30-36)50(47-28-11-9-22-42(47)35-15-4-3-5-16-35)39-20-12-19-37(33-39)41-24-13-18-34-17-6-7-21-40(34)41/h3-33H,1-2H3. The summed E-state index contributed by atoms with van der Waals surface area (Å²) in [6.45, 7) is 4.72. The lowest BCUT2D eigenvalue weighted by Crippen LogP contribution is -2.16. The Bertz CT molecular complexity index is 2500. The lowest BCUT2D eigenvalue weighted by atomic mass is 9.79. The Balaban J connectivity index is 1.20. The zero-order chi connectivity index (χ0) is 33.7. The van der Waals surface area contributed by atoms with Crippen molar-refractivity contribution < 1.29 is 0 Å². The summed E-state index contributed by atoms with van der Waals surface area (Å²) in [5, 5.41) is 2.50. The molecule has 0 fully saturated rings. The Labute approximate surface area is 294 Å². The van der Waals surface area contributed by atoms with Crippen LogP contribution in [-0.4, -0.2) is 0 Å². The molecule has 0 atom stereocenters. The number of para-hydroxylation sites is 1. The van der Waals surface area contributed by atoms with Gasteiger partial charge in [0.2, 0.25) is 0 Å². The molecule has 1 nitrogen and oxygen atoms in total. The monoisotopic (exact) mass is 639 g/mol. The predicted molar refractivity (Wildman–Crippen MR) is 213 cm³/mol. The molecule has 50 heavy (non-hydrogen) atoms. The zero-order valence-electron chi connectivity index (χ0n) is 28.3. The third kappa shape index (κ3) is 4.94. The van der Waals surface area contributed by atoms with Crippen LogP contribution in [0.3, 0.4) is 0 Å². The second kappa shape index (κ2) is 12.1. The third-order valence-electron chi connectivity index (χ3n) is 10.5. The van der Waals surface area contributed by atoms with Crippen LogP contribution < -0.4 is 4.90 Å². The molecule has 0 aromatic heterocycles. The number of hydrogen-bond donors (Lipinski definition) is 0. The van der Waals surface area contributed by atoms with Gasteiger partial charge in [-0.15, -0.1) is 0 Å². The highest BCUT2D eigenvalue weighted by Crippen LogP contribution is 2.52. The van der Waals surface area contributed by atoms with Crippen molar-refractivity contribution >= 4 is 27.8 Å². The van der Waals surface area contributed by atoms with Gasteiger partial charge in [0.15, 0.2) is 0 Å². The SMILES string of the molecule is CC1(C)c2ccccc2-c2cccc(-c3ccc(N(c4cccc(-c5cccc6ccccc56)c4)c4ccccc4-c4ccccc4)cc3)c21. The molecular formula is C49H37N. The Hall–Kier alpha value is -6.18. The minimum Gasteiger partial charge on any atom is -0.310 e. The lowest BCUT2D eigenvalue weighted by molar-refractivity contribution is 0.662. The average Bonchev–Trinajstić information content (AvgIpc) is 3.42. The van der Waals surface area contributed by atoms with Crippen LogP contribution in [0.25, 0.3) is 55.3 Å². The first-order chi connectivity index (χ1) is 24.6. The maximum absolute atomic E-state index is 2.41. The maximum atomic E-state index is 2.41. The van der Waals surface area contributed by atoms with Crippen LogP contribution in [0.4, 0.5) is 17.1 Å². The van der Waals surface area contributed by atoms with E-state index in [-0.39, 0.29) is 5.41 Å². The molecule has 0 saturated heterocycles. The van der Waals surface area contributed by atoms with Crippen molar-refractivity contribution in [1.29, 1.82) is 0 Å². The minimum atomic E-state index is -0.0795. The molecule has 0 saturated carbocycles. The van der Waals surface area contributed by atoms with Crippen molar-refractivity contribution in [2.45, 2.75) is 19.3 Å². The fraction of sp³-hybridized carbons (Fsp3) is 0.0612. The Morgan fingerprint density at radius 2 is 0.960 bits per heavy atom. The molecule has 1 aliphatic rings. The van der Waals surface area contributed by atoms with Gasteiger partial charge in [-0.25, -0.2) is 0 Å². The smallest absolute Gasteiger partial charge is 0.0540 e. The highest BCUT2D eigenvalue weighted by Gasteiger charge is 2.37. The molecule has 8 aromatic carbocycles. The van der Waals surface area contributed by atoms with E-state index in [1.165, 1.54) is 66.4 Å². The van der Waals surface area contributed by atoms with Crippen molar-refractivity contribution in [3.8, 4) is 44.5 Å². The number of benzene rings is 8. The molecule has 0 radical (unpaired) electrons. The third-order valence-corrected chi connectivity index (χ3v) is 10.5. The second-order valence-corrected chi connectivity index (χ2v) is 13.7. The van der Waals surface area contributed by atoms with Gasteiger partial charge >= 0.3 is 0 Å². The molecule has 1 heteroatoms. The summed E-state index contributed by atoms with van der Waals surface area (Å²) in [5.74, 6) is 0. The average molecular weight is 640 g/mol. The van der Waals surface area contributed by atoms with Crippen LogP contribution in [0.1, 0.15) is 25.0 Å². The normalized spacial score (nSPS) is 12.8. The van der Waals surface area contributed by atoms with Crippen LogP contribution in [0.5, 0.6) is 0 Å². The highest BCUT2D eigenvalue weighted by molar-refractivity contribution is 5.98. The van der Waals surface area contributed by atoms with Crippen molar-refractivity contribution in [3.63, 3.8) is 0 Å². The number of hydrogen-bond acceptors (Lipinski definition) is 1. The quantitative estimate of drug-likeness (QED) is 0.175. The van der Waals surface area contributed by atoms with E-state index < -0.39 is 0 Å². The van der Waals surface area contributed by atoms with E-state index >= 15 is 0 Å². The van der Waals surface area contributed by atoms with Crippen molar-refractivity contribution in [2.75, 3.05) is 4.90 Å². The fourth-order valence-corrected chi connectivity index (χ4v) is 8.13. The molecule has 0 amide bonds. The number of anilines is 3. The Morgan fingerprint density at radius 3 is 1.82 bits per heavy atom. The van der Waals surface area contributed by atoms with E-state index in [4.69, 9.17) is 0 Å². The van der Waals surface area contributed by atoms with Crippen molar-refractivity contribution in [3.05, 3.63) is 199 Å². The lowest BCUT2D eigenvalue weighted by Gasteiger charge is -2.29. The summed E-state index contributed by atoms with van der Waals surface area (Å²) in [7, 11) is 0. The van der Waals surface area contributed by atoms with E-state index in [0.29, 0.717) is 0 Å². The fourth-order valence-electron chi connectivity index (χ4n) is 8.13. The van der Waals surface area contributed by atoms with Gasteiger partial charge in [0.25, 0.3) is 0 Å². The molecule has 238 valence electrons. The van der Waals surface area contributed by atoms with E-state index in [0.717, 1.165) is 17.1 Å². The molecule has 0 N–H and O–H groups in total. The van der Waals surface area contributed by atoms with Gasteiger partial charge in [0, 0.05) is 22.4 Å². The van der Waals surface area contributed by atoms with Gasteiger partial charge in [0.05, 0.1) is 5.69 Å². The summed E-state index contributed by atoms with van der Waals surface area (Å²) in [5.41, 5.74) is 16.1. The largest absolute Gasteiger partial charge is 0.310 e. The van der Waals surface area contributed by atoms with Crippen molar-refractivity contribution in [1.82, 2.24) is 0 Å². The number of rotatable bonds is 6. The number of fused-ring (bicyclic) bond motifs is 4. The Kier molecular flexibility index (Phi) is 7.21. The minimum absolute atomic E-state index is 0.0795. The van der Waals surface area contributed by atoms with Gasteiger partial charge in [-0.1, -0.05) is 172 Å². The summed E-state index contributed by atoms with van der Waals surface area (Å²) in [4.78, 5) is 2.41. The molecule has 0 bridgehead atoms. The second-order valence-electron chi connectivity index (χ2n) is 13.7.